The SMILES string of the molecule is COc1cc(CCC(=O)Nc2cnc(-c3ccccc3)nc2)cc(OC)c1. The fourth-order valence-corrected chi connectivity index (χ4v) is 2.62. The summed E-state index contributed by atoms with van der Waals surface area (Å²) in [5.41, 5.74) is 2.47. The first kappa shape index (κ1) is 18.4. The van der Waals surface area contributed by atoms with Gasteiger partial charge < -0.3 is 14.8 Å². The van der Waals surface area contributed by atoms with E-state index < -0.39 is 0 Å². The second kappa shape index (κ2) is 8.80. The highest BCUT2D eigenvalue weighted by atomic mass is 16.5. The van der Waals surface area contributed by atoms with Gasteiger partial charge in [-0.15, -0.1) is 0 Å². The molecule has 0 atom stereocenters. The molecule has 0 saturated carbocycles. The summed E-state index contributed by atoms with van der Waals surface area (Å²) in [6.07, 6.45) is 4.13. The maximum atomic E-state index is 12.2. The summed E-state index contributed by atoms with van der Waals surface area (Å²) in [6.45, 7) is 0. The number of hydrogen-bond donors (Lipinski definition) is 1. The van der Waals surface area contributed by atoms with E-state index in [-0.39, 0.29) is 5.91 Å². The minimum Gasteiger partial charge on any atom is -0.497 e. The van der Waals surface area contributed by atoms with E-state index in [4.69, 9.17) is 9.47 Å². The van der Waals surface area contributed by atoms with Gasteiger partial charge in [0.15, 0.2) is 5.82 Å². The summed E-state index contributed by atoms with van der Waals surface area (Å²) in [4.78, 5) is 20.8. The Bertz CT molecular complexity index is 874. The molecule has 0 bridgehead atoms. The van der Waals surface area contributed by atoms with E-state index in [1.807, 2.05) is 42.5 Å². The van der Waals surface area contributed by atoms with Crippen molar-refractivity contribution in [3.05, 3.63) is 66.5 Å². The molecule has 0 saturated heterocycles. The van der Waals surface area contributed by atoms with Gasteiger partial charge in [0.25, 0.3) is 0 Å². The van der Waals surface area contributed by atoms with Crippen LogP contribution in [0, 0.1) is 0 Å². The van der Waals surface area contributed by atoms with Gasteiger partial charge in [0.1, 0.15) is 11.5 Å². The Morgan fingerprint density at radius 3 is 2.19 bits per heavy atom. The van der Waals surface area contributed by atoms with Crippen LogP contribution in [-0.2, 0) is 11.2 Å². The molecule has 1 aromatic heterocycles. The summed E-state index contributed by atoms with van der Waals surface area (Å²) in [7, 11) is 3.20. The first-order chi connectivity index (χ1) is 13.2. The highest BCUT2D eigenvalue weighted by Gasteiger charge is 2.07. The quantitative estimate of drug-likeness (QED) is 0.692. The number of nitrogens with one attached hydrogen (secondary N) is 1. The molecule has 0 fully saturated rings. The van der Waals surface area contributed by atoms with Gasteiger partial charge in [-0.25, -0.2) is 9.97 Å². The Kier molecular flexibility index (Phi) is 5.99. The van der Waals surface area contributed by atoms with Crippen LogP contribution < -0.4 is 14.8 Å². The maximum absolute atomic E-state index is 12.2. The van der Waals surface area contributed by atoms with E-state index in [0.717, 1.165) is 11.1 Å². The zero-order chi connectivity index (χ0) is 19.1. The topological polar surface area (TPSA) is 73.3 Å². The van der Waals surface area contributed by atoms with E-state index in [0.29, 0.717) is 35.9 Å². The average molecular weight is 363 g/mol. The van der Waals surface area contributed by atoms with E-state index >= 15 is 0 Å². The van der Waals surface area contributed by atoms with Crippen molar-refractivity contribution in [2.75, 3.05) is 19.5 Å². The van der Waals surface area contributed by atoms with Gasteiger partial charge >= 0.3 is 0 Å². The number of nitrogens with zero attached hydrogens (tertiary/aromatic N) is 2. The van der Waals surface area contributed by atoms with Crippen molar-refractivity contribution in [2.24, 2.45) is 0 Å². The van der Waals surface area contributed by atoms with Crippen molar-refractivity contribution >= 4 is 11.6 Å². The lowest BCUT2D eigenvalue weighted by molar-refractivity contribution is -0.116. The van der Waals surface area contributed by atoms with Gasteiger partial charge in [-0.2, -0.15) is 0 Å². The predicted molar refractivity (Wildman–Crippen MR) is 104 cm³/mol. The Morgan fingerprint density at radius 1 is 0.963 bits per heavy atom. The number of aryl methyl sites for hydroxylation is 1. The molecule has 27 heavy (non-hydrogen) atoms. The Balaban J connectivity index is 1.58. The third kappa shape index (κ3) is 5.04. The molecular formula is C21H21N3O3. The number of amides is 1. The molecule has 0 aliphatic rings. The molecule has 1 N–H and O–H groups in total. The highest BCUT2D eigenvalue weighted by Crippen LogP contribution is 2.23. The third-order valence-electron chi connectivity index (χ3n) is 4.02. The van der Waals surface area contributed by atoms with Gasteiger partial charge in [-0.1, -0.05) is 30.3 Å². The molecule has 3 aromatic rings. The molecule has 3 rings (SSSR count). The molecule has 0 spiro atoms. The van der Waals surface area contributed by atoms with Crippen molar-refractivity contribution in [3.8, 4) is 22.9 Å². The Morgan fingerprint density at radius 2 is 1.59 bits per heavy atom. The molecular weight excluding hydrogens is 342 g/mol. The molecule has 1 amide bonds. The minimum atomic E-state index is -0.104. The van der Waals surface area contributed by atoms with Gasteiger partial charge in [0.05, 0.1) is 32.3 Å². The molecule has 0 aliphatic carbocycles. The fraction of sp³-hybridized carbons (Fsp3) is 0.190. The molecule has 0 aliphatic heterocycles. The summed E-state index contributed by atoms with van der Waals surface area (Å²) in [5.74, 6) is 1.93. The molecule has 6 heteroatoms. The maximum Gasteiger partial charge on any atom is 0.224 e. The van der Waals surface area contributed by atoms with Crippen LogP contribution in [0.1, 0.15) is 12.0 Å². The number of methoxy groups -OCH3 is 2. The molecule has 0 radical (unpaired) electrons. The average Bonchev–Trinajstić information content (AvgIpc) is 2.73. The molecule has 138 valence electrons. The largest absolute Gasteiger partial charge is 0.497 e. The Labute approximate surface area is 158 Å². The van der Waals surface area contributed by atoms with E-state index in [9.17, 15) is 4.79 Å². The number of ether oxygens (including phenoxy) is 2. The van der Waals surface area contributed by atoms with Crippen LogP contribution >= 0.6 is 0 Å². The number of anilines is 1. The van der Waals surface area contributed by atoms with Crippen molar-refractivity contribution in [3.63, 3.8) is 0 Å². The Hall–Kier alpha value is -3.41. The van der Waals surface area contributed by atoms with Crippen molar-refractivity contribution in [1.29, 1.82) is 0 Å². The number of benzene rings is 2. The second-order valence-corrected chi connectivity index (χ2v) is 5.93. The smallest absolute Gasteiger partial charge is 0.224 e. The lowest BCUT2D eigenvalue weighted by Crippen LogP contribution is -2.13. The third-order valence-corrected chi connectivity index (χ3v) is 4.02. The number of hydrogen-bond acceptors (Lipinski definition) is 5. The van der Waals surface area contributed by atoms with Crippen LogP contribution in [0.2, 0.25) is 0 Å². The lowest BCUT2D eigenvalue weighted by atomic mass is 10.1. The molecule has 2 aromatic carbocycles. The summed E-state index contributed by atoms with van der Waals surface area (Å²) in [5, 5.41) is 2.82. The highest BCUT2D eigenvalue weighted by molar-refractivity contribution is 5.90. The molecule has 0 unspecified atom stereocenters. The van der Waals surface area contributed by atoms with Gasteiger partial charge in [-0.05, 0) is 24.1 Å². The standard InChI is InChI=1S/C21H21N3O3/c1-26-18-10-15(11-19(12-18)27-2)8-9-20(25)24-17-13-22-21(23-14-17)16-6-4-3-5-7-16/h3-7,10-14H,8-9H2,1-2H3,(H,24,25). The van der Waals surface area contributed by atoms with Crippen LogP contribution in [0.3, 0.4) is 0 Å². The molecule has 1 heterocycles. The van der Waals surface area contributed by atoms with Crippen LogP contribution in [0.4, 0.5) is 5.69 Å². The second-order valence-electron chi connectivity index (χ2n) is 5.93. The normalized spacial score (nSPS) is 10.3. The van der Waals surface area contributed by atoms with Crippen LogP contribution in [0.15, 0.2) is 60.9 Å². The zero-order valence-electron chi connectivity index (χ0n) is 15.3. The monoisotopic (exact) mass is 363 g/mol. The number of rotatable bonds is 7. The summed E-state index contributed by atoms with van der Waals surface area (Å²) in [6, 6.07) is 15.3. The van der Waals surface area contributed by atoms with Gasteiger partial charge in [0, 0.05) is 18.1 Å². The van der Waals surface area contributed by atoms with E-state index in [1.54, 1.807) is 32.7 Å². The van der Waals surface area contributed by atoms with Crippen molar-refractivity contribution in [2.45, 2.75) is 12.8 Å². The molecule has 6 nitrogen and oxygen atoms in total. The summed E-state index contributed by atoms with van der Waals surface area (Å²) >= 11 is 0. The fourth-order valence-electron chi connectivity index (χ4n) is 2.62. The van der Waals surface area contributed by atoms with E-state index in [2.05, 4.69) is 15.3 Å². The summed E-state index contributed by atoms with van der Waals surface area (Å²) < 4.78 is 10.5. The first-order valence-electron chi connectivity index (χ1n) is 8.57. The van der Waals surface area contributed by atoms with Crippen LogP contribution in [0.5, 0.6) is 11.5 Å². The number of carbonyl (C=O) groups is 1. The van der Waals surface area contributed by atoms with Gasteiger partial charge in [-0.3, -0.25) is 4.79 Å². The van der Waals surface area contributed by atoms with E-state index in [1.165, 1.54) is 0 Å². The van der Waals surface area contributed by atoms with Gasteiger partial charge in [0.2, 0.25) is 5.91 Å². The zero-order valence-corrected chi connectivity index (χ0v) is 15.3. The lowest BCUT2D eigenvalue weighted by Gasteiger charge is -2.09. The number of carbonyl (C=O) groups excluding carboxylic acids is 1. The number of aromatic nitrogens is 2. The first-order valence-corrected chi connectivity index (χ1v) is 8.57. The minimum absolute atomic E-state index is 0.104. The van der Waals surface area contributed by atoms with Crippen LogP contribution in [0.25, 0.3) is 11.4 Å². The van der Waals surface area contributed by atoms with Crippen molar-refractivity contribution < 1.29 is 14.3 Å². The van der Waals surface area contributed by atoms with Crippen LogP contribution in [-0.4, -0.2) is 30.1 Å². The van der Waals surface area contributed by atoms with Crippen molar-refractivity contribution in [1.82, 2.24) is 9.97 Å². The predicted octanol–water partition coefficient (Wildman–Crippen LogP) is 3.73.